The molecule has 1 aromatic heterocycles. The molecule has 0 fully saturated rings. The molecule has 7 nitrogen and oxygen atoms in total. The molecule has 1 aliphatic rings. The van der Waals surface area contributed by atoms with Crippen LogP contribution in [-0.2, 0) is 11.4 Å². The summed E-state index contributed by atoms with van der Waals surface area (Å²) in [5.41, 5.74) is 3.45. The molecule has 0 N–H and O–H groups in total. The third-order valence-corrected chi connectivity index (χ3v) is 6.18. The van der Waals surface area contributed by atoms with E-state index in [1.54, 1.807) is 9.58 Å². The lowest BCUT2D eigenvalue weighted by atomic mass is 10.0. The van der Waals surface area contributed by atoms with Gasteiger partial charge in [0.05, 0.1) is 17.1 Å². The van der Waals surface area contributed by atoms with Gasteiger partial charge in [0.1, 0.15) is 12.4 Å². The summed E-state index contributed by atoms with van der Waals surface area (Å²) in [6, 6.07) is 24.8. The van der Waals surface area contributed by atoms with E-state index in [1.165, 1.54) is 18.7 Å². The molecular formula is C26H22N4O3S. The number of rotatable bonds is 5. The first-order valence-electron chi connectivity index (χ1n) is 10.8. The van der Waals surface area contributed by atoms with Gasteiger partial charge in [0.25, 0.3) is 17.0 Å². The van der Waals surface area contributed by atoms with Crippen LogP contribution in [-0.4, -0.2) is 22.2 Å². The van der Waals surface area contributed by atoms with Crippen LogP contribution in [0.2, 0.25) is 0 Å². The molecule has 0 radical (unpaired) electrons. The average Bonchev–Trinajstić information content (AvgIpc) is 2.87. The minimum Gasteiger partial charge on any atom is -0.854 e. The Morgan fingerprint density at radius 3 is 2.62 bits per heavy atom. The fourth-order valence-electron chi connectivity index (χ4n) is 4.17. The van der Waals surface area contributed by atoms with Crippen molar-refractivity contribution in [3.63, 3.8) is 0 Å². The standard InChI is InChI=1S/C26H22N4O3S/c1-17(31)29-22-14-7-6-13-21(22)23-24(32)27-26(34-2)28-30(23)25(29)19-11-8-12-20(15-19)33-16-18-9-4-3-5-10-18/h3-15,25H,16H2,1-2H3. The van der Waals surface area contributed by atoms with Gasteiger partial charge in [-0.25, -0.2) is 9.88 Å². The number of nitrogens with zero attached hydrogens (tertiary/aromatic N) is 4. The fraction of sp³-hybridized carbons (Fsp3) is 0.154. The number of fused-ring (bicyclic) bond motifs is 3. The number of para-hydroxylation sites is 1. The molecule has 1 amide bonds. The molecule has 0 spiro atoms. The Morgan fingerprint density at radius 2 is 1.85 bits per heavy atom. The number of benzene rings is 3. The Kier molecular flexibility index (Phi) is 5.90. The highest BCUT2D eigenvalue weighted by Gasteiger charge is 2.43. The van der Waals surface area contributed by atoms with Gasteiger partial charge >= 0.3 is 0 Å². The predicted molar refractivity (Wildman–Crippen MR) is 127 cm³/mol. The topological polar surface area (TPSA) is 82.3 Å². The molecule has 4 aromatic rings. The van der Waals surface area contributed by atoms with Crippen LogP contribution in [0.1, 0.15) is 24.2 Å². The molecule has 0 bridgehead atoms. The van der Waals surface area contributed by atoms with Crippen LogP contribution in [0.15, 0.2) is 84.0 Å². The highest BCUT2D eigenvalue weighted by atomic mass is 32.2. The molecule has 3 aromatic carbocycles. The SMILES string of the molecule is CSc1nc([O-])c2[n+](n1)C(c1cccc(OCc3ccccc3)c1)N(C(C)=O)c1ccccc1-2. The number of anilines is 1. The quantitative estimate of drug-likeness (QED) is 0.327. The summed E-state index contributed by atoms with van der Waals surface area (Å²) in [5.74, 6) is 0.117. The molecule has 34 heavy (non-hydrogen) atoms. The Morgan fingerprint density at radius 1 is 1.09 bits per heavy atom. The van der Waals surface area contributed by atoms with Crippen LogP contribution in [0.4, 0.5) is 5.69 Å². The van der Waals surface area contributed by atoms with E-state index in [9.17, 15) is 9.90 Å². The number of carbonyl (C=O) groups excluding carboxylic acids is 1. The van der Waals surface area contributed by atoms with Crippen LogP contribution in [0.5, 0.6) is 11.6 Å². The zero-order valence-corrected chi connectivity index (χ0v) is 19.5. The van der Waals surface area contributed by atoms with Gasteiger partial charge in [0, 0.05) is 17.6 Å². The van der Waals surface area contributed by atoms with Crippen molar-refractivity contribution in [3.05, 3.63) is 90.0 Å². The second-order valence-corrected chi connectivity index (χ2v) is 8.60. The summed E-state index contributed by atoms with van der Waals surface area (Å²) in [6.45, 7) is 1.93. The Balaban J connectivity index is 1.63. The monoisotopic (exact) mass is 470 g/mol. The first-order chi connectivity index (χ1) is 16.6. The van der Waals surface area contributed by atoms with E-state index in [0.29, 0.717) is 34.5 Å². The lowest BCUT2D eigenvalue weighted by Crippen LogP contribution is -2.58. The van der Waals surface area contributed by atoms with Gasteiger partial charge in [-0.3, -0.25) is 4.79 Å². The van der Waals surface area contributed by atoms with Crippen LogP contribution in [0.25, 0.3) is 11.3 Å². The maximum absolute atomic E-state index is 13.1. The summed E-state index contributed by atoms with van der Waals surface area (Å²) in [4.78, 5) is 18.7. The van der Waals surface area contributed by atoms with E-state index < -0.39 is 6.17 Å². The number of carbonyl (C=O) groups is 1. The van der Waals surface area contributed by atoms with Crippen molar-refractivity contribution >= 4 is 23.4 Å². The second-order valence-electron chi connectivity index (χ2n) is 7.82. The molecule has 0 saturated carbocycles. The van der Waals surface area contributed by atoms with E-state index in [4.69, 9.17) is 4.74 Å². The molecule has 8 heteroatoms. The highest BCUT2D eigenvalue weighted by molar-refractivity contribution is 7.98. The average molecular weight is 471 g/mol. The first-order valence-corrected chi connectivity index (χ1v) is 12.0. The Hall–Kier alpha value is -3.91. The van der Waals surface area contributed by atoms with Crippen molar-refractivity contribution in [3.8, 4) is 22.9 Å². The first kappa shape index (κ1) is 21.9. The smallest absolute Gasteiger partial charge is 0.293 e. The van der Waals surface area contributed by atoms with E-state index >= 15 is 0 Å². The number of ether oxygens (including phenoxy) is 1. The molecule has 0 aliphatic carbocycles. The molecule has 0 saturated heterocycles. The molecular weight excluding hydrogens is 448 g/mol. The van der Waals surface area contributed by atoms with Crippen LogP contribution in [0, 0.1) is 0 Å². The van der Waals surface area contributed by atoms with Gasteiger partial charge in [0.15, 0.2) is 0 Å². The van der Waals surface area contributed by atoms with Crippen LogP contribution >= 0.6 is 11.8 Å². The van der Waals surface area contributed by atoms with E-state index in [1.807, 2.05) is 85.1 Å². The van der Waals surface area contributed by atoms with Crippen molar-refractivity contribution in [1.29, 1.82) is 0 Å². The van der Waals surface area contributed by atoms with Gasteiger partial charge in [0.2, 0.25) is 5.91 Å². The molecule has 1 aliphatic heterocycles. The predicted octanol–water partition coefficient (Wildman–Crippen LogP) is 3.72. The third kappa shape index (κ3) is 3.97. The summed E-state index contributed by atoms with van der Waals surface area (Å²) < 4.78 is 7.65. The normalized spacial score (nSPS) is 14.3. The van der Waals surface area contributed by atoms with Gasteiger partial charge in [-0.1, -0.05) is 65.0 Å². The number of hydrogen-bond acceptors (Lipinski definition) is 6. The fourth-order valence-corrected chi connectivity index (χ4v) is 4.51. The molecule has 2 heterocycles. The Bertz CT molecular complexity index is 1360. The molecule has 1 atom stereocenters. The lowest BCUT2D eigenvalue weighted by Gasteiger charge is -2.32. The minimum absolute atomic E-state index is 0.164. The Labute approximate surface area is 201 Å². The lowest BCUT2D eigenvalue weighted by molar-refractivity contribution is -0.764. The maximum Gasteiger partial charge on any atom is 0.293 e. The van der Waals surface area contributed by atoms with Crippen molar-refractivity contribution in [2.24, 2.45) is 0 Å². The summed E-state index contributed by atoms with van der Waals surface area (Å²) in [6.07, 6.45) is 1.15. The minimum atomic E-state index is -0.663. The van der Waals surface area contributed by atoms with Crippen LogP contribution in [0.3, 0.4) is 0 Å². The zero-order chi connectivity index (χ0) is 23.7. The summed E-state index contributed by atoms with van der Waals surface area (Å²) in [5, 5.41) is 18.1. The number of aromatic nitrogens is 3. The van der Waals surface area contributed by atoms with E-state index in [-0.39, 0.29) is 11.8 Å². The molecule has 170 valence electrons. The van der Waals surface area contributed by atoms with Gasteiger partial charge in [-0.2, -0.15) is 0 Å². The van der Waals surface area contributed by atoms with Crippen molar-refractivity contribution in [2.75, 3.05) is 11.2 Å². The third-order valence-electron chi connectivity index (χ3n) is 5.64. The summed E-state index contributed by atoms with van der Waals surface area (Å²) in [7, 11) is 0. The molecule has 5 rings (SSSR count). The van der Waals surface area contributed by atoms with Crippen molar-refractivity contribution < 1.29 is 19.3 Å². The zero-order valence-electron chi connectivity index (χ0n) is 18.7. The number of amides is 1. The largest absolute Gasteiger partial charge is 0.854 e. The number of thioether (sulfide) groups is 1. The highest BCUT2D eigenvalue weighted by Crippen LogP contribution is 2.41. The van der Waals surface area contributed by atoms with Crippen molar-refractivity contribution in [1.82, 2.24) is 10.1 Å². The van der Waals surface area contributed by atoms with Crippen LogP contribution < -0.4 is 19.4 Å². The summed E-state index contributed by atoms with van der Waals surface area (Å²) >= 11 is 1.28. The number of hydrogen-bond donors (Lipinski definition) is 0. The van der Waals surface area contributed by atoms with Crippen molar-refractivity contribution in [2.45, 2.75) is 24.9 Å². The molecule has 1 unspecified atom stereocenters. The second kappa shape index (κ2) is 9.15. The maximum atomic E-state index is 13.1. The van der Waals surface area contributed by atoms with E-state index in [0.717, 1.165) is 11.1 Å². The van der Waals surface area contributed by atoms with Gasteiger partial charge in [-0.15, -0.1) is 0 Å². The van der Waals surface area contributed by atoms with Gasteiger partial charge in [-0.05, 0) is 42.2 Å². The van der Waals surface area contributed by atoms with Gasteiger partial charge < -0.3 is 9.84 Å². The van der Waals surface area contributed by atoms with E-state index in [2.05, 4.69) is 10.1 Å².